The lowest BCUT2D eigenvalue weighted by Crippen LogP contribution is -2.29. The summed E-state index contributed by atoms with van der Waals surface area (Å²) in [6.45, 7) is 3.61. The maximum atomic E-state index is 5.27. The third-order valence-electron chi connectivity index (χ3n) is 2.25. The Labute approximate surface area is 91.4 Å². The quantitative estimate of drug-likeness (QED) is 0.775. The van der Waals surface area contributed by atoms with E-state index >= 15 is 0 Å². The molecule has 1 rings (SSSR count). The molecule has 3 nitrogen and oxygen atoms in total. The molecule has 0 unspecified atom stereocenters. The molecule has 0 aliphatic carbocycles. The van der Waals surface area contributed by atoms with Gasteiger partial charge in [-0.1, -0.05) is 18.2 Å². The van der Waals surface area contributed by atoms with Gasteiger partial charge in [0, 0.05) is 25.3 Å². The van der Waals surface area contributed by atoms with Crippen molar-refractivity contribution in [3.63, 3.8) is 0 Å². The molecule has 0 heterocycles. The van der Waals surface area contributed by atoms with E-state index in [0.717, 1.165) is 18.9 Å². The molecule has 0 bridgehead atoms. The van der Waals surface area contributed by atoms with Crippen molar-refractivity contribution in [2.75, 3.05) is 20.8 Å². The number of benzene rings is 1. The monoisotopic (exact) mass is 209 g/mol. The van der Waals surface area contributed by atoms with Crippen LogP contribution in [0.3, 0.4) is 0 Å². The number of nitrogens with one attached hydrogen (secondary N) is 1. The molecule has 0 amide bonds. The fourth-order valence-corrected chi connectivity index (χ4v) is 1.44. The second-order valence-corrected chi connectivity index (χ2v) is 3.55. The van der Waals surface area contributed by atoms with Crippen molar-refractivity contribution in [1.82, 2.24) is 5.32 Å². The Kier molecular flexibility index (Phi) is 5.15. The van der Waals surface area contributed by atoms with Gasteiger partial charge in [0.05, 0.1) is 13.7 Å². The summed E-state index contributed by atoms with van der Waals surface area (Å²) in [7, 11) is 3.40. The summed E-state index contributed by atoms with van der Waals surface area (Å²) in [6.07, 6.45) is 0. The third kappa shape index (κ3) is 3.90. The topological polar surface area (TPSA) is 30.5 Å². The first kappa shape index (κ1) is 12.0. The average molecular weight is 209 g/mol. The number of hydrogen-bond donors (Lipinski definition) is 1. The molecule has 0 spiro atoms. The minimum atomic E-state index is 0.347. The Morgan fingerprint density at radius 1 is 1.27 bits per heavy atom. The number of hydrogen-bond acceptors (Lipinski definition) is 3. The molecule has 0 aromatic heterocycles. The third-order valence-corrected chi connectivity index (χ3v) is 2.25. The summed E-state index contributed by atoms with van der Waals surface area (Å²) >= 11 is 0. The van der Waals surface area contributed by atoms with E-state index in [0.29, 0.717) is 6.04 Å². The number of methoxy groups -OCH3 is 2. The average Bonchev–Trinajstić information content (AvgIpc) is 2.27. The molecule has 1 aromatic carbocycles. The summed E-state index contributed by atoms with van der Waals surface area (Å²) in [5, 5.41) is 3.37. The van der Waals surface area contributed by atoms with Gasteiger partial charge in [0.25, 0.3) is 0 Å². The van der Waals surface area contributed by atoms with Crippen molar-refractivity contribution in [3.05, 3.63) is 29.8 Å². The number of ether oxygens (including phenoxy) is 2. The largest absolute Gasteiger partial charge is 0.496 e. The van der Waals surface area contributed by atoms with E-state index in [1.165, 1.54) is 5.56 Å². The highest BCUT2D eigenvalue weighted by Gasteiger charge is 2.04. The molecule has 0 aliphatic rings. The normalized spacial score (nSPS) is 12.5. The first-order valence-corrected chi connectivity index (χ1v) is 5.12. The van der Waals surface area contributed by atoms with E-state index in [-0.39, 0.29) is 0 Å². The highest BCUT2D eigenvalue weighted by molar-refractivity contribution is 5.32. The van der Waals surface area contributed by atoms with Gasteiger partial charge in [-0.15, -0.1) is 0 Å². The molecule has 0 fully saturated rings. The molecular weight excluding hydrogens is 190 g/mol. The van der Waals surface area contributed by atoms with Crippen LogP contribution in [0.15, 0.2) is 24.3 Å². The van der Waals surface area contributed by atoms with Crippen LogP contribution in [0.2, 0.25) is 0 Å². The van der Waals surface area contributed by atoms with Gasteiger partial charge < -0.3 is 14.8 Å². The van der Waals surface area contributed by atoms with Gasteiger partial charge in [0.15, 0.2) is 0 Å². The predicted octanol–water partition coefficient (Wildman–Crippen LogP) is 1.82. The second kappa shape index (κ2) is 6.43. The SMILES string of the molecule is COC[C@@H](C)NCc1ccccc1OC. The zero-order valence-corrected chi connectivity index (χ0v) is 9.62. The molecule has 0 aliphatic heterocycles. The lowest BCUT2D eigenvalue weighted by atomic mass is 10.2. The minimum absolute atomic E-state index is 0.347. The molecule has 1 atom stereocenters. The van der Waals surface area contributed by atoms with Crippen LogP contribution in [-0.2, 0) is 11.3 Å². The van der Waals surface area contributed by atoms with Gasteiger partial charge in [0.1, 0.15) is 5.75 Å². The molecule has 1 N–H and O–H groups in total. The fourth-order valence-electron chi connectivity index (χ4n) is 1.44. The van der Waals surface area contributed by atoms with E-state index in [2.05, 4.69) is 18.3 Å². The highest BCUT2D eigenvalue weighted by atomic mass is 16.5. The lowest BCUT2D eigenvalue weighted by Gasteiger charge is -2.14. The first-order chi connectivity index (χ1) is 7.27. The molecule has 0 saturated heterocycles. The van der Waals surface area contributed by atoms with Crippen LogP contribution in [0.1, 0.15) is 12.5 Å². The van der Waals surface area contributed by atoms with Crippen LogP contribution in [-0.4, -0.2) is 26.9 Å². The smallest absolute Gasteiger partial charge is 0.123 e. The minimum Gasteiger partial charge on any atom is -0.496 e. The highest BCUT2D eigenvalue weighted by Crippen LogP contribution is 2.16. The van der Waals surface area contributed by atoms with E-state index in [1.807, 2.05) is 18.2 Å². The van der Waals surface area contributed by atoms with Gasteiger partial charge in [-0.2, -0.15) is 0 Å². The zero-order chi connectivity index (χ0) is 11.1. The summed E-state index contributed by atoms with van der Waals surface area (Å²) in [6, 6.07) is 8.37. The van der Waals surface area contributed by atoms with Crippen LogP contribution in [0, 0.1) is 0 Å². The van der Waals surface area contributed by atoms with Crippen molar-refractivity contribution >= 4 is 0 Å². The van der Waals surface area contributed by atoms with Crippen molar-refractivity contribution in [2.45, 2.75) is 19.5 Å². The van der Waals surface area contributed by atoms with Crippen LogP contribution in [0.25, 0.3) is 0 Å². The van der Waals surface area contributed by atoms with Crippen LogP contribution in [0.5, 0.6) is 5.75 Å². The van der Waals surface area contributed by atoms with Gasteiger partial charge >= 0.3 is 0 Å². The van der Waals surface area contributed by atoms with Gasteiger partial charge in [-0.25, -0.2) is 0 Å². The van der Waals surface area contributed by atoms with E-state index in [1.54, 1.807) is 14.2 Å². The number of rotatable bonds is 6. The van der Waals surface area contributed by atoms with Crippen molar-refractivity contribution in [1.29, 1.82) is 0 Å². The Bertz CT molecular complexity index is 289. The Balaban J connectivity index is 2.49. The molecule has 3 heteroatoms. The molecule has 0 saturated carbocycles. The van der Waals surface area contributed by atoms with E-state index in [4.69, 9.17) is 9.47 Å². The van der Waals surface area contributed by atoms with Gasteiger partial charge in [-0.05, 0) is 13.0 Å². The van der Waals surface area contributed by atoms with E-state index < -0.39 is 0 Å². The van der Waals surface area contributed by atoms with Crippen LogP contribution in [0.4, 0.5) is 0 Å². The molecule has 1 aromatic rings. The van der Waals surface area contributed by atoms with E-state index in [9.17, 15) is 0 Å². The van der Waals surface area contributed by atoms with Crippen molar-refractivity contribution in [3.8, 4) is 5.75 Å². The maximum absolute atomic E-state index is 5.27. The number of para-hydroxylation sites is 1. The molecule has 15 heavy (non-hydrogen) atoms. The van der Waals surface area contributed by atoms with Gasteiger partial charge in [-0.3, -0.25) is 0 Å². The Morgan fingerprint density at radius 2 is 2.00 bits per heavy atom. The molecular formula is C12H19NO2. The van der Waals surface area contributed by atoms with Gasteiger partial charge in [0.2, 0.25) is 0 Å². The van der Waals surface area contributed by atoms with Crippen LogP contribution >= 0.6 is 0 Å². The van der Waals surface area contributed by atoms with Crippen molar-refractivity contribution < 1.29 is 9.47 Å². The standard InChI is InChI=1S/C12H19NO2/c1-10(9-14-2)13-8-11-6-4-5-7-12(11)15-3/h4-7,10,13H,8-9H2,1-3H3/t10-/m1/s1. The fraction of sp³-hybridized carbons (Fsp3) is 0.500. The first-order valence-electron chi connectivity index (χ1n) is 5.12. The summed E-state index contributed by atoms with van der Waals surface area (Å²) in [5.74, 6) is 0.926. The summed E-state index contributed by atoms with van der Waals surface area (Å²) in [4.78, 5) is 0. The predicted molar refractivity (Wildman–Crippen MR) is 61.2 cm³/mol. The summed E-state index contributed by atoms with van der Waals surface area (Å²) < 4.78 is 10.3. The van der Waals surface area contributed by atoms with Crippen LogP contribution < -0.4 is 10.1 Å². The molecule has 0 radical (unpaired) electrons. The summed E-state index contributed by atoms with van der Waals surface area (Å²) in [5.41, 5.74) is 1.17. The molecule has 84 valence electrons. The zero-order valence-electron chi connectivity index (χ0n) is 9.62. The second-order valence-electron chi connectivity index (χ2n) is 3.55. The Hall–Kier alpha value is -1.06. The Morgan fingerprint density at radius 3 is 2.67 bits per heavy atom. The lowest BCUT2D eigenvalue weighted by molar-refractivity contribution is 0.171. The van der Waals surface area contributed by atoms with Crippen molar-refractivity contribution in [2.24, 2.45) is 0 Å². The maximum Gasteiger partial charge on any atom is 0.123 e.